The molecule has 1 aliphatic rings. The fourth-order valence-corrected chi connectivity index (χ4v) is 6.83. The van der Waals surface area contributed by atoms with Crippen LogP contribution in [-0.4, -0.2) is 43.8 Å². The van der Waals surface area contributed by atoms with Crippen LogP contribution in [0.5, 0.6) is 0 Å². The standard InChI is InChI=1S/C32H38BrN3O4S/c1-23-12-16-26(17-13-23)21-35(25(3)32(38)34-28-9-5-4-6-10-28)31(37)22-36(29-11-7-8-27(33)20-29)41(39,40)30-18-14-24(2)15-19-30/h7-8,11-20,25,28H,4-6,9-10,21-22H2,1-3H3,(H,34,38)/t25-/m1/s1. The van der Waals surface area contributed by atoms with E-state index in [9.17, 15) is 18.0 Å². The summed E-state index contributed by atoms with van der Waals surface area (Å²) in [5, 5.41) is 3.13. The van der Waals surface area contributed by atoms with Crippen molar-refractivity contribution >= 4 is 43.5 Å². The van der Waals surface area contributed by atoms with E-state index in [1.807, 2.05) is 38.1 Å². The number of nitrogens with one attached hydrogen (secondary N) is 1. The van der Waals surface area contributed by atoms with Crippen LogP contribution in [0.3, 0.4) is 0 Å². The topological polar surface area (TPSA) is 86.8 Å². The van der Waals surface area contributed by atoms with Crippen molar-refractivity contribution in [3.8, 4) is 0 Å². The molecule has 0 radical (unpaired) electrons. The average Bonchev–Trinajstić information content (AvgIpc) is 2.95. The molecule has 9 heteroatoms. The number of halogens is 1. The Morgan fingerprint density at radius 1 is 0.927 bits per heavy atom. The van der Waals surface area contributed by atoms with Gasteiger partial charge in [-0.3, -0.25) is 13.9 Å². The highest BCUT2D eigenvalue weighted by Crippen LogP contribution is 2.27. The number of hydrogen-bond acceptors (Lipinski definition) is 4. The molecule has 1 N–H and O–H groups in total. The molecule has 0 bridgehead atoms. The lowest BCUT2D eigenvalue weighted by molar-refractivity contribution is -0.139. The van der Waals surface area contributed by atoms with E-state index < -0.39 is 28.5 Å². The van der Waals surface area contributed by atoms with Crippen molar-refractivity contribution in [2.45, 2.75) is 76.4 Å². The maximum Gasteiger partial charge on any atom is 0.264 e. The highest BCUT2D eigenvalue weighted by molar-refractivity contribution is 9.10. The van der Waals surface area contributed by atoms with E-state index in [0.717, 1.165) is 46.7 Å². The van der Waals surface area contributed by atoms with Crippen LogP contribution in [0, 0.1) is 13.8 Å². The summed E-state index contributed by atoms with van der Waals surface area (Å²) in [6.07, 6.45) is 5.17. The van der Waals surface area contributed by atoms with Gasteiger partial charge in [0.05, 0.1) is 10.6 Å². The van der Waals surface area contributed by atoms with Gasteiger partial charge < -0.3 is 10.2 Å². The number of sulfonamides is 1. The first-order valence-electron chi connectivity index (χ1n) is 14.0. The molecule has 0 heterocycles. The summed E-state index contributed by atoms with van der Waals surface area (Å²) in [6.45, 7) is 5.30. The molecule has 4 rings (SSSR count). The molecule has 1 aliphatic carbocycles. The van der Waals surface area contributed by atoms with Gasteiger partial charge in [-0.05, 0) is 69.5 Å². The van der Waals surface area contributed by atoms with Gasteiger partial charge in [0.2, 0.25) is 11.8 Å². The molecule has 0 spiro atoms. The second-order valence-corrected chi connectivity index (χ2v) is 13.6. The van der Waals surface area contributed by atoms with Crippen molar-refractivity contribution in [1.29, 1.82) is 0 Å². The van der Waals surface area contributed by atoms with Crippen molar-refractivity contribution in [2.75, 3.05) is 10.8 Å². The van der Waals surface area contributed by atoms with Crippen LogP contribution in [0.25, 0.3) is 0 Å². The first kappa shape index (κ1) is 30.8. The number of aryl methyl sites for hydroxylation is 2. The average molecular weight is 641 g/mol. The zero-order chi connectivity index (χ0) is 29.6. The van der Waals surface area contributed by atoms with Crippen molar-refractivity contribution in [2.24, 2.45) is 0 Å². The Morgan fingerprint density at radius 2 is 1.54 bits per heavy atom. The molecule has 1 saturated carbocycles. The Hall–Kier alpha value is -3.17. The third-order valence-electron chi connectivity index (χ3n) is 7.58. The van der Waals surface area contributed by atoms with Gasteiger partial charge in [0.15, 0.2) is 0 Å². The summed E-state index contributed by atoms with van der Waals surface area (Å²) in [6, 6.07) is 20.5. The summed E-state index contributed by atoms with van der Waals surface area (Å²) in [5.74, 6) is -0.694. The van der Waals surface area contributed by atoms with E-state index in [0.29, 0.717) is 10.2 Å². The van der Waals surface area contributed by atoms with Crippen molar-refractivity contribution in [3.05, 3.63) is 94.0 Å². The Kier molecular flexibility index (Phi) is 10.3. The minimum Gasteiger partial charge on any atom is -0.352 e. The Bertz CT molecular complexity index is 1450. The van der Waals surface area contributed by atoms with Crippen LogP contribution < -0.4 is 9.62 Å². The van der Waals surface area contributed by atoms with Crippen LogP contribution in [-0.2, 0) is 26.2 Å². The normalized spacial score (nSPS) is 14.7. The van der Waals surface area contributed by atoms with Gasteiger partial charge in [-0.15, -0.1) is 0 Å². The van der Waals surface area contributed by atoms with E-state index in [1.165, 1.54) is 11.3 Å². The largest absolute Gasteiger partial charge is 0.352 e. The van der Waals surface area contributed by atoms with Crippen LogP contribution >= 0.6 is 15.9 Å². The summed E-state index contributed by atoms with van der Waals surface area (Å²) in [7, 11) is -4.10. The molecule has 41 heavy (non-hydrogen) atoms. The molecule has 1 fully saturated rings. The second kappa shape index (κ2) is 13.7. The Morgan fingerprint density at radius 3 is 2.15 bits per heavy atom. The SMILES string of the molecule is Cc1ccc(CN(C(=O)CN(c2cccc(Br)c2)S(=O)(=O)c2ccc(C)cc2)[C@H](C)C(=O)NC2CCCCC2)cc1. The number of rotatable bonds is 10. The zero-order valence-corrected chi connectivity index (χ0v) is 26.2. The number of carbonyl (C=O) groups is 2. The molecular weight excluding hydrogens is 602 g/mol. The Labute approximate surface area is 252 Å². The lowest BCUT2D eigenvalue weighted by Crippen LogP contribution is -2.53. The fraction of sp³-hybridized carbons (Fsp3) is 0.375. The summed E-state index contributed by atoms with van der Waals surface area (Å²) in [4.78, 5) is 29.1. The third-order valence-corrected chi connectivity index (χ3v) is 9.86. The first-order chi connectivity index (χ1) is 19.5. The van der Waals surface area contributed by atoms with Gasteiger partial charge in [0.25, 0.3) is 10.0 Å². The van der Waals surface area contributed by atoms with Crippen molar-refractivity contribution < 1.29 is 18.0 Å². The summed E-state index contributed by atoms with van der Waals surface area (Å²) < 4.78 is 29.7. The van der Waals surface area contributed by atoms with Gasteiger partial charge in [-0.2, -0.15) is 0 Å². The number of amides is 2. The monoisotopic (exact) mass is 639 g/mol. The predicted molar refractivity (Wildman–Crippen MR) is 166 cm³/mol. The molecular formula is C32H38BrN3O4S. The van der Waals surface area contributed by atoms with Crippen LogP contribution in [0.15, 0.2) is 82.2 Å². The molecule has 3 aromatic rings. The molecule has 1 atom stereocenters. The third kappa shape index (κ3) is 7.98. The number of hydrogen-bond donors (Lipinski definition) is 1. The van der Waals surface area contributed by atoms with Gasteiger partial charge in [0, 0.05) is 17.1 Å². The molecule has 0 aromatic heterocycles. The second-order valence-electron chi connectivity index (χ2n) is 10.8. The van der Waals surface area contributed by atoms with Gasteiger partial charge in [0.1, 0.15) is 12.6 Å². The van der Waals surface area contributed by atoms with Crippen LogP contribution in [0.4, 0.5) is 5.69 Å². The van der Waals surface area contributed by atoms with E-state index in [-0.39, 0.29) is 23.4 Å². The Balaban J connectivity index is 1.67. The van der Waals surface area contributed by atoms with Crippen molar-refractivity contribution in [3.63, 3.8) is 0 Å². The minimum atomic E-state index is -4.10. The smallest absolute Gasteiger partial charge is 0.264 e. The molecule has 218 valence electrons. The molecule has 2 amide bonds. The highest BCUT2D eigenvalue weighted by Gasteiger charge is 2.33. The summed E-state index contributed by atoms with van der Waals surface area (Å²) >= 11 is 3.43. The molecule has 0 unspecified atom stereocenters. The van der Waals surface area contributed by atoms with Crippen molar-refractivity contribution in [1.82, 2.24) is 10.2 Å². The molecule has 7 nitrogen and oxygen atoms in total. The molecule has 0 aliphatic heterocycles. The minimum absolute atomic E-state index is 0.0871. The summed E-state index contributed by atoms with van der Waals surface area (Å²) in [5.41, 5.74) is 3.22. The molecule has 3 aromatic carbocycles. The van der Waals surface area contributed by atoms with Gasteiger partial charge >= 0.3 is 0 Å². The molecule has 0 saturated heterocycles. The maximum atomic E-state index is 14.1. The van der Waals surface area contributed by atoms with E-state index in [4.69, 9.17) is 0 Å². The number of carbonyl (C=O) groups excluding carboxylic acids is 2. The quantitative estimate of drug-likeness (QED) is 0.289. The first-order valence-corrected chi connectivity index (χ1v) is 16.3. The fourth-order valence-electron chi connectivity index (χ4n) is 5.04. The van der Waals surface area contributed by atoms with E-state index in [1.54, 1.807) is 55.5 Å². The van der Waals surface area contributed by atoms with Crippen LogP contribution in [0.1, 0.15) is 55.7 Å². The van der Waals surface area contributed by atoms with Gasteiger partial charge in [-0.25, -0.2) is 8.42 Å². The predicted octanol–water partition coefficient (Wildman–Crippen LogP) is 6.13. The van der Waals surface area contributed by atoms with E-state index in [2.05, 4.69) is 21.2 Å². The number of anilines is 1. The highest BCUT2D eigenvalue weighted by atomic mass is 79.9. The maximum absolute atomic E-state index is 14.1. The van der Waals surface area contributed by atoms with Crippen LogP contribution in [0.2, 0.25) is 0 Å². The lowest BCUT2D eigenvalue weighted by Gasteiger charge is -2.33. The zero-order valence-electron chi connectivity index (χ0n) is 23.8. The number of nitrogens with zero attached hydrogens (tertiary/aromatic N) is 2. The lowest BCUT2D eigenvalue weighted by atomic mass is 9.95. The van der Waals surface area contributed by atoms with Gasteiger partial charge in [-0.1, -0.05) is 88.8 Å². The number of benzene rings is 3. The van der Waals surface area contributed by atoms with E-state index >= 15 is 0 Å².